The van der Waals surface area contributed by atoms with Crippen LogP contribution in [0.3, 0.4) is 0 Å². The Morgan fingerprint density at radius 2 is 2.00 bits per heavy atom. The molecule has 2 heterocycles. The van der Waals surface area contributed by atoms with Crippen molar-refractivity contribution in [2.24, 2.45) is 0 Å². The minimum absolute atomic E-state index is 0.928. The molecular weight excluding hydrogens is 248 g/mol. The molecule has 0 saturated heterocycles. The molecule has 4 heteroatoms. The summed E-state index contributed by atoms with van der Waals surface area (Å²) in [7, 11) is 0. The Balaban J connectivity index is 2.53. The van der Waals surface area contributed by atoms with E-state index in [1.165, 1.54) is 4.88 Å². The van der Waals surface area contributed by atoms with Crippen LogP contribution in [-0.2, 0) is 0 Å². The van der Waals surface area contributed by atoms with Crippen LogP contribution in [0.15, 0.2) is 28.4 Å². The molecule has 2 rings (SSSR count). The molecule has 13 heavy (non-hydrogen) atoms. The Labute approximate surface area is 88.8 Å². The lowest BCUT2D eigenvalue weighted by atomic mass is 10.2. The van der Waals surface area contributed by atoms with E-state index < -0.39 is 0 Å². The monoisotopic (exact) mass is 254 g/mol. The van der Waals surface area contributed by atoms with Crippen LogP contribution in [0, 0.1) is 6.92 Å². The van der Waals surface area contributed by atoms with E-state index in [0.29, 0.717) is 0 Å². The molecule has 0 radical (unpaired) electrons. The van der Waals surface area contributed by atoms with Crippen LogP contribution >= 0.6 is 27.3 Å². The van der Waals surface area contributed by atoms with E-state index in [0.717, 1.165) is 15.2 Å². The summed E-state index contributed by atoms with van der Waals surface area (Å²) in [6.07, 6.45) is 3.56. The minimum atomic E-state index is 0.928. The lowest BCUT2D eigenvalue weighted by Crippen LogP contribution is -1.80. The van der Waals surface area contributed by atoms with E-state index in [-0.39, 0.29) is 0 Å². The summed E-state index contributed by atoms with van der Waals surface area (Å²) in [5.74, 6) is 0. The van der Waals surface area contributed by atoms with Gasteiger partial charge in [0, 0.05) is 22.8 Å². The smallest absolute Gasteiger partial charge is 0.160 e. The lowest BCUT2D eigenvalue weighted by Gasteiger charge is -1.95. The first-order chi connectivity index (χ1) is 6.27. The van der Waals surface area contributed by atoms with Gasteiger partial charge in [-0.25, -0.2) is 4.98 Å². The van der Waals surface area contributed by atoms with E-state index in [9.17, 15) is 0 Å². The highest BCUT2D eigenvalue weighted by Gasteiger charge is 2.06. The molecule has 0 aromatic carbocycles. The lowest BCUT2D eigenvalue weighted by molar-refractivity contribution is 1.29. The van der Waals surface area contributed by atoms with Gasteiger partial charge in [0.25, 0.3) is 0 Å². The van der Waals surface area contributed by atoms with E-state index >= 15 is 0 Å². The van der Waals surface area contributed by atoms with Gasteiger partial charge < -0.3 is 0 Å². The molecule has 0 aliphatic heterocycles. The second-order valence-corrected chi connectivity index (χ2v) is 5.09. The number of aromatic nitrogens is 2. The van der Waals surface area contributed by atoms with Crippen LogP contribution in [0.2, 0.25) is 0 Å². The predicted octanol–water partition coefficient (Wildman–Crippen LogP) is 3.28. The van der Waals surface area contributed by atoms with Crippen molar-refractivity contribution in [1.82, 2.24) is 9.97 Å². The third-order valence-corrected chi connectivity index (χ3v) is 3.15. The molecule has 0 N–H and O–H groups in total. The molecule has 0 saturated carbocycles. The van der Waals surface area contributed by atoms with E-state index in [4.69, 9.17) is 0 Å². The normalized spacial score (nSPS) is 10.3. The second kappa shape index (κ2) is 3.55. The highest BCUT2D eigenvalue weighted by molar-refractivity contribution is 9.11. The summed E-state index contributed by atoms with van der Waals surface area (Å²) in [6, 6.07) is 3.93. The molecule has 0 amide bonds. The summed E-state index contributed by atoms with van der Waals surface area (Å²) in [6.45, 7) is 2.07. The van der Waals surface area contributed by atoms with Crippen molar-refractivity contribution >= 4 is 27.3 Å². The average molecular weight is 255 g/mol. The molecule has 0 spiro atoms. The minimum Gasteiger partial charge on any atom is -0.265 e. The Morgan fingerprint density at radius 1 is 1.31 bits per heavy atom. The summed E-state index contributed by atoms with van der Waals surface area (Å²) in [4.78, 5) is 9.58. The van der Waals surface area contributed by atoms with Gasteiger partial charge in [0.1, 0.15) is 0 Å². The number of hydrogen-bond acceptors (Lipinski definition) is 3. The summed E-state index contributed by atoms with van der Waals surface area (Å²) in [5.41, 5.74) is 2.16. The van der Waals surface area contributed by atoms with Crippen LogP contribution < -0.4 is 0 Å². The van der Waals surface area contributed by atoms with Gasteiger partial charge in [-0.3, -0.25) is 4.98 Å². The van der Waals surface area contributed by atoms with E-state index in [1.54, 1.807) is 23.7 Å². The summed E-state index contributed by atoms with van der Waals surface area (Å²) in [5, 5.41) is 0. The van der Waals surface area contributed by atoms with E-state index in [1.807, 2.05) is 12.1 Å². The topological polar surface area (TPSA) is 25.8 Å². The number of nitrogens with zero attached hydrogens (tertiary/aromatic N) is 2. The SMILES string of the molecule is Cc1sc(Br)nc1-c1ccncc1. The first-order valence-electron chi connectivity index (χ1n) is 3.80. The fourth-order valence-corrected chi connectivity index (χ4v) is 2.70. The molecule has 2 nitrogen and oxygen atoms in total. The predicted molar refractivity (Wildman–Crippen MR) is 57.8 cm³/mol. The molecule has 66 valence electrons. The number of halogens is 1. The quantitative estimate of drug-likeness (QED) is 0.781. The third kappa shape index (κ3) is 1.78. The molecule has 0 atom stereocenters. The number of thiazole rings is 1. The van der Waals surface area contributed by atoms with Gasteiger partial charge in [-0.2, -0.15) is 0 Å². The second-order valence-electron chi connectivity index (χ2n) is 2.61. The molecule has 2 aromatic rings. The van der Waals surface area contributed by atoms with Crippen LogP contribution in [-0.4, -0.2) is 9.97 Å². The average Bonchev–Trinajstić information content (AvgIpc) is 2.47. The van der Waals surface area contributed by atoms with Crippen molar-refractivity contribution in [3.8, 4) is 11.3 Å². The van der Waals surface area contributed by atoms with Gasteiger partial charge in [0.2, 0.25) is 0 Å². The van der Waals surface area contributed by atoms with Crippen molar-refractivity contribution in [3.63, 3.8) is 0 Å². The fourth-order valence-electron chi connectivity index (χ4n) is 1.14. The maximum absolute atomic E-state index is 4.39. The third-order valence-electron chi connectivity index (χ3n) is 1.72. The molecule has 0 aliphatic rings. The van der Waals surface area contributed by atoms with Crippen molar-refractivity contribution in [2.45, 2.75) is 6.92 Å². The number of aryl methyl sites for hydroxylation is 1. The number of hydrogen-bond donors (Lipinski definition) is 0. The largest absolute Gasteiger partial charge is 0.265 e. The zero-order chi connectivity index (χ0) is 9.26. The van der Waals surface area contributed by atoms with Gasteiger partial charge in [-0.1, -0.05) is 0 Å². The van der Waals surface area contributed by atoms with Gasteiger partial charge in [-0.05, 0) is 35.0 Å². The van der Waals surface area contributed by atoms with Crippen LogP contribution in [0.25, 0.3) is 11.3 Å². The van der Waals surface area contributed by atoms with Gasteiger partial charge in [0.05, 0.1) is 5.69 Å². The molecule has 0 fully saturated rings. The highest BCUT2D eigenvalue weighted by Crippen LogP contribution is 2.29. The van der Waals surface area contributed by atoms with Crippen molar-refractivity contribution < 1.29 is 0 Å². The zero-order valence-corrected chi connectivity index (χ0v) is 9.39. The standard InChI is InChI=1S/C9H7BrN2S/c1-6-8(12-9(10)13-6)7-2-4-11-5-3-7/h2-5H,1H3. The highest BCUT2D eigenvalue weighted by atomic mass is 79.9. The van der Waals surface area contributed by atoms with E-state index in [2.05, 4.69) is 32.8 Å². The van der Waals surface area contributed by atoms with Crippen molar-refractivity contribution in [3.05, 3.63) is 33.3 Å². The Hall–Kier alpha value is -0.740. The van der Waals surface area contributed by atoms with Crippen LogP contribution in [0.4, 0.5) is 0 Å². The number of rotatable bonds is 1. The molecule has 2 aromatic heterocycles. The molecule has 0 aliphatic carbocycles. The van der Waals surface area contributed by atoms with Crippen molar-refractivity contribution in [2.75, 3.05) is 0 Å². The van der Waals surface area contributed by atoms with Gasteiger partial charge >= 0.3 is 0 Å². The molecule has 0 bridgehead atoms. The molecule has 0 unspecified atom stereocenters. The van der Waals surface area contributed by atoms with Crippen LogP contribution in [0.5, 0.6) is 0 Å². The van der Waals surface area contributed by atoms with Gasteiger partial charge in [-0.15, -0.1) is 11.3 Å². The molecular formula is C9H7BrN2S. The summed E-state index contributed by atoms with van der Waals surface area (Å²) >= 11 is 5.02. The zero-order valence-electron chi connectivity index (χ0n) is 6.99. The maximum atomic E-state index is 4.39. The Bertz CT molecular complexity index is 411. The number of pyridine rings is 1. The Morgan fingerprint density at radius 3 is 2.54 bits per heavy atom. The fraction of sp³-hybridized carbons (Fsp3) is 0.111. The first-order valence-corrected chi connectivity index (χ1v) is 5.41. The van der Waals surface area contributed by atoms with Crippen LogP contribution in [0.1, 0.15) is 4.88 Å². The van der Waals surface area contributed by atoms with Gasteiger partial charge in [0.15, 0.2) is 3.92 Å². The summed E-state index contributed by atoms with van der Waals surface area (Å²) < 4.78 is 0.928. The maximum Gasteiger partial charge on any atom is 0.160 e. The Kier molecular flexibility index (Phi) is 2.42. The van der Waals surface area contributed by atoms with Crippen molar-refractivity contribution in [1.29, 1.82) is 0 Å². The first kappa shape index (κ1) is 8.84.